The molecule has 0 radical (unpaired) electrons. The molecule has 0 saturated heterocycles. The molecule has 1 unspecified atom stereocenters. The molecule has 5 nitrogen and oxygen atoms in total. The van der Waals surface area contributed by atoms with Crippen LogP contribution in [0.15, 0.2) is 78.9 Å². The third-order valence-corrected chi connectivity index (χ3v) is 4.75. The van der Waals surface area contributed by atoms with Crippen LogP contribution in [0.3, 0.4) is 0 Å². The third kappa shape index (κ3) is 5.91. The fourth-order valence-corrected chi connectivity index (χ4v) is 3.27. The summed E-state index contributed by atoms with van der Waals surface area (Å²) in [6, 6.07) is 25.0. The third-order valence-electron chi connectivity index (χ3n) is 4.49. The Bertz CT molecular complexity index is 975. The Morgan fingerprint density at radius 1 is 0.862 bits per heavy atom. The highest BCUT2D eigenvalue weighted by atomic mass is 35.5. The van der Waals surface area contributed by atoms with Gasteiger partial charge in [-0.3, -0.25) is 10.1 Å². The van der Waals surface area contributed by atoms with E-state index in [0.29, 0.717) is 11.6 Å². The summed E-state index contributed by atoms with van der Waals surface area (Å²) in [6.45, 7) is 0.377. The highest BCUT2D eigenvalue weighted by Crippen LogP contribution is 2.28. The molecule has 1 atom stereocenters. The number of urea groups is 1. The maximum Gasteiger partial charge on any atom is 0.318 e. The van der Waals surface area contributed by atoms with Crippen LogP contribution in [0.4, 0.5) is 4.79 Å². The Hall–Kier alpha value is -3.15. The van der Waals surface area contributed by atoms with Gasteiger partial charge in [0, 0.05) is 18.0 Å². The van der Waals surface area contributed by atoms with Crippen molar-refractivity contribution in [1.29, 1.82) is 0 Å². The SMILES string of the molecule is NC(=O)NC(=O)CCNC(c1ccc(Cl)cc1)c1cccc(-c2ccccc2)c1. The zero-order valence-corrected chi connectivity index (χ0v) is 16.5. The van der Waals surface area contributed by atoms with Crippen molar-refractivity contribution in [2.75, 3.05) is 6.54 Å². The zero-order chi connectivity index (χ0) is 20.6. The number of nitrogens with two attached hydrogens (primary N) is 1. The van der Waals surface area contributed by atoms with E-state index in [1.54, 1.807) is 0 Å². The standard InChI is InChI=1S/C23H22ClN3O2/c24-20-11-9-17(10-12-20)22(26-14-13-21(28)27-23(25)29)19-8-4-7-18(15-19)16-5-2-1-3-6-16/h1-12,15,22,26H,13-14H2,(H3,25,27,28,29). The van der Waals surface area contributed by atoms with Crippen LogP contribution in [0.25, 0.3) is 11.1 Å². The predicted molar refractivity (Wildman–Crippen MR) is 116 cm³/mol. The Balaban J connectivity index is 1.84. The maximum atomic E-state index is 11.7. The fourth-order valence-electron chi connectivity index (χ4n) is 3.14. The second-order valence-corrected chi connectivity index (χ2v) is 7.03. The van der Waals surface area contributed by atoms with Crippen molar-refractivity contribution >= 4 is 23.5 Å². The average molecular weight is 408 g/mol. The molecule has 6 heteroatoms. The smallest absolute Gasteiger partial charge is 0.318 e. The molecule has 0 aromatic heterocycles. The number of amides is 3. The molecule has 0 spiro atoms. The van der Waals surface area contributed by atoms with Gasteiger partial charge in [0.2, 0.25) is 5.91 Å². The van der Waals surface area contributed by atoms with Crippen LogP contribution in [-0.2, 0) is 4.79 Å². The van der Waals surface area contributed by atoms with Crippen LogP contribution in [-0.4, -0.2) is 18.5 Å². The lowest BCUT2D eigenvalue weighted by Crippen LogP contribution is -2.37. The lowest BCUT2D eigenvalue weighted by atomic mass is 9.95. The normalized spacial score (nSPS) is 11.6. The first-order chi connectivity index (χ1) is 14.0. The van der Waals surface area contributed by atoms with Gasteiger partial charge in [-0.1, -0.05) is 72.3 Å². The highest BCUT2D eigenvalue weighted by molar-refractivity contribution is 6.30. The van der Waals surface area contributed by atoms with E-state index >= 15 is 0 Å². The molecule has 148 valence electrons. The number of benzene rings is 3. The van der Waals surface area contributed by atoms with Crippen molar-refractivity contribution in [2.45, 2.75) is 12.5 Å². The molecule has 0 aliphatic heterocycles. The second kappa shape index (κ2) is 9.87. The summed E-state index contributed by atoms with van der Waals surface area (Å²) in [7, 11) is 0. The van der Waals surface area contributed by atoms with Gasteiger partial charge in [0.05, 0.1) is 6.04 Å². The van der Waals surface area contributed by atoms with Gasteiger partial charge in [-0.2, -0.15) is 0 Å². The topological polar surface area (TPSA) is 84.2 Å². The van der Waals surface area contributed by atoms with Gasteiger partial charge in [-0.05, 0) is 40.5 Å². The van der Waals surface area contributed by atoms with E-state index in [4.69, 9.17) is 17.3 Å². The Labute approximate surface area is 174 Å². The largest absolute Gasteiger partial charge is 0.351 e. The Morgan fingerprint density at radius 3 is 2.24 bits per heavy atom. The van der Waals surface area contributed by atoms with E-state index < -0.39 is 11.9 Å². The molecule has 0 fully saturated rings. The molecule has 4 N–H and O–H groups in total. The second-order valence-electron chi connectivity index (χ2n) is 6.59. The van der Waals surface area contributed by atoms with Crippen LogP contribution in [0, 0.1) is 0 Å². The molecule has 3 aromatic rings. The van der Waals surface area contributed by atoms with Gasteiger partial charge < -0.3 is 11.1 Å². The molecule has 3 amide bonds. The van der Waals surface area contributed by atoms with E-state index in [-0.39, 0.29) is 12.5 Å². The van der Waals surface area contributed by atoms with E-state index in [1.165, 1.54) is 0 Å². The van der Waals surface area contributed by atoms with Crippen LogP contribution in [0.2, 0.25) is 5.02 Å². The highest BCUT2D eigenvalue weighted by Gasteiger charge is 2.15. The van der Waals surface area contributed by atoms with Crippen LogP contribution < -0.4 is 16.4 Å². The van der Waals surface area contributed by atoms with E-state index in [1.807, 2.05) is 54.6 Å². The molecule has 29 heavy (non-hydrogen) atoms. The van der Waals surface area contributed by atoms with Crippen LogP contribution >= 0.6 is 11.6 Å². The molecule has 3 rings (SSSR count). The summed E-state index contributed by atoms with van der Waals surface area (Å²) in [6.07, 6.45) is 0.130. The van der Waals surface area contributed by atoms with Crippen molar-refractivity contribution in [2.24, 2.45) is 5.73 Å². The number of imide groups is 1. The predicted octanol–water partition coefficient (Wildman–Crippen LogP) is 4.27. The van der Waals surface area contributed by atoms with Gasteiger partial charge in [-0.15, -0.1) is 0 Å². The van der Waals surface area contributed by atoms with Crippen molar-refractivity contribution in [3.63, 3.8) is 0 Å². The first kappa shape index (κ1) is 20.6. The van der Waals surface area contributed by atoms with Crippen LogP contribution in [0.5, 0.6) is 0 Å². The number of halogens is 1. The summed E-state index contributed by atoms with van der Waals surface area (Å²) < 4.78 is 0. The molecular formula is C23H22ClN3O2. The number of carbonyl (C=O) groups excluding carboxylic acids is 2. The van der Waals surface area contributed by atoms with Crippen LogP contribution in [0.1, 0.15) is 23.6 Å². The van der Waals surface area contributed by atoms with Crippen molar-refractivity contribution in [3.05, 3.63) is 95.0 Å². The summed E-state index contributed by atoms with van der Waals surface area (Å²) in [5.41, 5.74) is 9.31. The molecule has 0 aliphatic rings. The minimum absolute atomic E-state index is 0.130. The quantitative estimate of drug-likeness (QED) is 0.546. The summed E-state index contributed by atoms with van der Waals surface area (Å²) in [5.74, 6) is -0.419. The average Bonchev–Trinajstić information content (AvgIpc) is 2.72. The number of rotatable bonds is 7. The lowest BCUT2D eigenvalue weighted by molar-refractivity contribution is -0.119. The first-order valence-corrected chi connectivity index (χ1v) is 9.64. The monoisotopic (exact) mass is 407 g/mol. The first-order valence-electron chi connectivity index (χ1n) is 9.26. The fraction of sp³-hybridized carbons (Fsp3) is 0.130. The summed E-state index contributed by atoms with van der Waals surface area (Å²) in [4.78, 5) is 22.5. The Kier molecular flexibility index (Phi) is 7.00. The maximum absolute atomic E-state index is 11.7. The molecule has 0 aliphatic carbocycles. The summed E-state index contributed by atoms with van der Waals surface area (Å²) in [5, 5.41) is 6.13. The number of hydrogen-bond donors (Lipinski definition) is 3. The van der Waals surface area contributed by atoms with E-state index in [0.717, 1.165) is 22.3 Å². The molecular weight excluding hydrogens is 386 g/mol. The zero-order valence-electron chi connectivity index (χ0n) is 15.8. The summed E-state index contributed by atoms with van der Waals surface area (Å²) >= 11 is 6.04. The van der Waals surface area contributed by atoms with Gasteiger partial charge >= 0.3 is 6.03 Å². The number of primary amides is 1. The number of hydrogen-bond acceptors (Lipinski definition) is 3. The molecule has 0 heterocycles. The van der Waals surface area contributed by atoms with E-state index in [2.05, 4.69) is 34.9 Å². The lowest BCUT2D eigenvalue weighted by Gasteiger charge is -2.21. The van der Waals surface area contributed by atoms with Gasteiger partial charge in [-0.25, -0.2) is 4.79 Å². The number of carbonyl (C=O) groups is 2. The molecule has 0 bridgehead atoms. The van der Waals surface area contributed by atoms with Crippen molar-refractivity contribution in [1.82, 2.24) is 10.6 Å². The van der Waals surface area contributed by atoms with Gasteiger partial charge in [0.25, 0.3) is 0 Å². The van der Waals surface area contributed by atoms with Gasteiger partial charge in [0.15, 0.2) is 0 Å². The number of nitrogens with one attached hydrogen (secondary N) is 2. The van der Waals surface area contributed by atoms with E-state index in [9.17, 15) is 9.59 Å². The molecule has 0 saturated carbocycles. The van der Waals surface area contributed by atoms with Gasteiger partial charge in [0.1, 0.15) is 0 Å². The minimum atomic E-state index is -0.847. The minimum Gasteiger partial charge on any atom is -0.351 e. The van der Waals surface area contributed by atoms with Crippen molar-refractivity contribution < 1.29 is 9.59 Å². The van der Waals surface area contributed by atoms with Crippen molar-refractivity contribution in [3.8, 4) is 11.1 Å². The Morgan fingerprint density at radius 2 is 1.55 bits per heavy atom. The molecule has 3 aromatic carbocycles.